The number of alkyl halides is 6. The summed E-state index contributed by atoms with van der Waals surface area (Å²) in [6.45, 7) is 0. The maximum atomic E-state index is 12.4. The van der Waals surface area contributed by atoms with Crippen LogP contribution in [0.4, 0.5) is 105 Å². The fourth-order valence-corrected chi connectivity index (χ4v) is 7.99. The molecule has 0 atom stereocenters. The second kappa shape index (κ2) is 24.7. The summed E-state index contributed by atoms with van der Waals surface area (Å²) in [5.41, 5.74) is 3.56. The van der Waals surface area contributed by atoms with Gasteiger partial charge in [-0.25, -0.2) is 46.7 Å². The minimum Gasteiger partial charge on any atom is -0.406 e. The molecule has 0 saturated carbocycles. The van der Waals surface area contributed by atoms with E-state index in [1.807, 2.05) is 0 Å². The van der Waals surface area contributed by atoms with Gasteiger partial charge in [0.15, 0.2) is 0 Å². The smallest absolute Gasteiger partial charge is 0.406 e. The Labute approximate surface area is 451 Å². The van der Waals surface area contributed by atoms with Gasteiger partial charge in [0, 0.05) is 72.0 Å². The fraction of sp³-hybridized carbons (Fsp3) is 0.0800. The molecule has 22 nitrogen and oxygen atoms in total. The van der Waals surface area contributed by atoms with Crippen molar-refractivity contribution >= 4 is 101 Å². The van der Waals surface area contributed by atoms with E-state index in [1.54, 1.807) is 96.7 Å². The third-order valence-corrected chi connectivity index (χ3v) is 12.3. The van der Waals surface area contributed by atoms with E-state index in [1.165, 1.54) is 73.1 Å². The number of aromatic nitrogens is 4. The minimum atomic E-state index is -4.81. The number of rotatable bonds is 16. The van der Waals surface area contributed by atoms with E-state index in [0.717, 1.165) is 24.3 Å². The number of halogens is 6. The van der Waals surface area contributed by atoms with E-state index >= 15 is 0 Å². The van der Waals surface area contributed by atoms with Gasteiger partial charge in [-0.05, 0) is 133 Å². The summed E-state index contributed by atoms with van der Waals surface area (Å²) >= 11 is 0. The summed E-state index contributed by atoms with van der Waals surface area (Å²) in [6, 6.07) is 37.0. The Morgan fingerprint density at radius 1 is 0.463 bits per heavy atom. The Kier molecular flexibility index (Phi) is 17.9. The van der Waals surface area contributed by atoms with Gasteiger partial charge in [0.25, 0.3) is 0 Å². The first-order chi connectivity index (χ1) is 37.7. The summed E-state index contributed by atoms with van der Waals surface area (Å²) in [4.78, 5) is 45.4. The van der Waals surface area contributed by atoms with E-state index in [9.17, 15) is 52.8 Å². The number of anilines is 12. The number of hydrogen-bond donors (Lipinski definition) is 8. The first-order valence-electron chi connectivity index (χ1n) is 22.7. The van der Waals surface area contributed by atoms with Crippen molar-refractivity contribution in [3.63, 3.8) is 0 Å². The number of carbonyl (C=O) groups excluding carboxylic acids is 2. The zero-order valence-corrected chi connectivity index (χ0v) is 43.0. The van der Waals surface area contributed by atoms with Crippen LogP contribution in [0.3, 0.4) is 0 Å². The van der Waals surface area contributed by atoms with Gasteiger partial charge >= 0.3 is 24.8 Å². The third-order valence-electron chi connectivity index (χ3n) is 10.5. The quantitative estimate of drug-likeness (QED) is 0.0417. The molecule has 416 valence electrons. The number of nitrogens with one attached hydrogen (secondary N) is 6. The Morgan fingerprint density at radius 3 is 1.15 bits per heavy atom. The van der Waals surface area contributed by atoms with Crippen molar-refractivity contribution in [1.29, 1.82) is 0 Å². The van der Waals surface area contributed by atoms with Crippen molar-refractivity contribution in [2.75, 3.05) is 55.8 Å². The molecule has 0 spiro atoms. The molecular weight excluding hydrogens is 1100 g/mol. The number of primary sulfonamides is 2. The van der Waals surface area contributed by atoms with Crippen LogP contribution in [0.15, 0.2) is 180 Å². The molecule has 80 heavy (non-hydrogen) atoms. The number of hydrogen-bond acceptors (Lipinski definition) is 16. The van der Waals surface area contributed by atoms with Crippen LogP contribution in [-0.2, 0) is 20.0 Å². The minimum absolute atomic E-state index is 0.0633. The summed E-state index contributed by atoms with van der Waals surface area (Å²) in [7, 11) is -4.26. The first-order valence-corrected chi connectivity index (χ1v) is 25.8. The highest BCUT2D eigenvalue weighted by Gasteiger charge is 2.32. The third kappa shape index (κ3) is 17.6. The van der Waals surface area contributed by atoms with Crippen molar-refractivity contribution in [2.45, 2.75) is 22.5 Å². The van der Waals surface area contributed by atoms with E-state index in [0.29, 0.717) is 45.8 Å². The molecular formula is C50H44F6N14O8S2. The molecule has 4 amide bonds. The van der Waals surface area contributed by atoms with Crippen molar-refractivity contribution in [3.8, 4) is 11.5 Å². The summed E-state index contributed by atoms with van der Waals surface area (Å²) < 4.78 is 128. The van der Waals surface area contributed by atoms with E-state index < -0.39 is 56.3 Å². The Hall–Kier alpha value is -9.78. The molecule has 6 aromatic carbocycles. The van der Waals surface area contributed by atoms with E-state index in [-0.39, 0.29) is 33.1 Å². The van der Waals surface area contributed by atoms with Crippen LogP contribution in [0.1, 0.15) is 0 Å². The summed E-state index contributed by atoms with van der Waals surface area (Å²) in [6.07, 6.45) is -6.58. The van der Waals surface area contributed by atoms with Crippen LogP contribution in [0.5, 0.6) is 11.5 Å². The molecule has 0 aliphatic carbocycles. The van der Waals surface area contributed by atoms with Crippen molar-refractivity contribution in [3.05, 3.63) is 170 Å². The standard InChI is InChI=1S/2C25H22F3N7O4S/c2*1-35(22-12-13-30-23(34-22)31-18-5-3-7-21(15-18)40(29,37)38)19-6-2-4-17(14-19)33-24(36)32-16-8-10-20(11-9-16)39-25(26,27)28/h2*2-15H,1H3,(H2,29,37,38)(H,30,31,34)(H2,32,33,36). The maximum absolute atomic E-state index is 12.4. The number of urea groups is 2. The van der Waals surface area contributed by atoms with Crippen molar-refractivity contribution in [2.24, 2.45) is 10.3 Å². The maximum Gasteiger partial charge on any atom is 0.573 e. The zero-order valence-electron chi connectivity index (χ0n) is 41.4. The first kappa shape index (κ1) is 57.9. The molecule has 0 fully saturated rings. The molecule has 8 rings (SSSR count). The lowest BCUT2D eigenvalue weighted by Gasteiger charge is -2.20. The Balaban J connectivity index is 0.000000231. The molecule has 0 bridgehead atoms. The van der Waals surface area contributed by atoms with Gasteiger partial charge in [0.1, 0.15) is 23.1 Å². The average Bonchev–Trinajstić information content (AvgIpc) is 3.40. The largest absolute Gasteiger partial charge is 0.573 e. The molecule has 0 unspecified atom stereocenters. The molecule has 0 aliphatic heterocycles. The highest BCUT2D eigenvalue weighted by atomic mass is 32.2. The van der Waals surface area contributed by atoms with Gasteiger partial charge in [-0.1, -0.05) is 24.3 Å². The van der Waals surface area contributed by atoms with Crippen molar-refractivity contribution < 1.29 is 62.2 Å². The van der Waals surface area contributed by atoms with Gasteiger partial charge in [0.2, 0.25) is 31.9 Å². The van der Waals surface area contributed by atoms with Gasteiger partial charge in [-0.2, -0.15) is 9.97 Å². The molecule has 2 aromatic heterocycles. The number of ether oxygens (including phenoxy) is 2. The van der Waals surface area contributed by atoms with Crippen LogP contribution in [-0.4, -0.2) is 75.7 Å². The number of nitrogens with zero attached hydrogens (tertiary/aromatic N) is 6. The van der Waals surface area contributed by atoms with Crippen LogP contribution >= 0.6 is 0 Å². The zero-order chi connectivity index (χ0) is 57.8. The number of benzene rings is 6. The Bertz CT molecular complexity index is 3480. The number of nitrogens with two attached hydrogens (primary N) is 2. The topological polar surface area (TPSA) is 303 Å². The average molecular weight is 1150 g/mol. The SMILES string of the molecule is CN(c1cccc(NC(=O)Nc2ccc(OC(F)(F)F)cc2)c1)c1ccnc(Nc2cccc(S(N)(=O)=O)c2)n1.CN(c1cccc(NC(=O)Nc2ccc(OC(F)(F)F)cc2)c1)c1ccnc(Nc2cccc(S(N)(=O)=O)c2)n1. The van der Waals surface area contributed by atoms with Crippen LogP contribution in [0, 0.1) is 0 Å². The van der Waals surface area contributed by atoms with Crippen LogP contribution in [0.25, 0.3) is 0 Å². The lowest BCUT2D eigenvalue weighted by Crippen LogP contribution is -2.20. The number of sulfonamides is 2. The molecule has 0 aliphatic rings. The van der Waals surface area contributed by atoms with Gasteiger partial charge in [-0.15, -0.1) is 26.3 Å². The number of amides is 4. The molecule has 30 heteroatoms. The van der Waals surface area contributed by atoms with Crippen LogP contribution in [0.2, 0.25) is 0 Å². The molecule has 0 radical (unpaired) electrons. The molecule has 0 saturated heterocycles. The summed E-state index contributed by atoms with van der Waals surface area (Å²) in [5, 5.41) is 26.6. The highest BCUT2D eigenvalue weighted by molar-refractivity contribution is 7.89. The number of carbonyl (C=O) groups is 2. The lowest BCUT2D eigenvalue weighted by atomic mass is 10.2. The second-order valence-corrected chi connectivity index (χ2v) is 19.5. The Morgan fingerprint density at radius 2 is 0.800 bits per heavy atom. The fourth-order valence-electron chi connectivity index (χ4n) is 6.87. The van der Waals surface area contributed by atoms with Gasteiger partial charge in [0.05, 0.1) is 9.79 Å². The van der Waals surface area contributed by atoms with Gasteiger partial charge in [-0.3, -0.25) is 0 Å². The normalized spacial score (nSPS) is 11.4. The van der Waals surface area contributed by atoms with Gasteiger partial charge < -0.3 is 51.2 Å². The monoisotopic (exact) mass is 1150 g/mol. The molecule has 8 aromatic rings. The molecule has 10 N–H and O–H groups in total. The highest BCUT2D eigenvalue weighted by Crippen LogP contribution is 2.30. The van der Waals surface area contributed by atoms with Crippen LogP contribution < -0.4 is 61.5 Å². The van der Waals surface area contributed by atoms with Crippen molar-refractivity contribution in [1.82, 2.24) is 19.9 Å². The predicted molar refractivity (Wildman–Crippen MR) is 287 cm³/mol. The lowest BCUT2D eigenvalue weighted by molar-refractivity contribution is -0.275. The predicted octanol–water partition coefficient (Wildman–Crippen LogP) is 10.4. The summed E-state index contributed by atoms with van der Waals surface area (Å²) in [5.74, 6) is 0.571. The van der Waals surface area contributed by atoms with E-state index in [4.69, 9.17) is 10.3 Å². The second-order valence-electron chi connectivity index (χ2n) is 16.4. The molecule has 2 heterocycles. The van der Waals surface area contributed by atoms with E-state index in [2.05, 4.69) is 61.3 Å².